The smallest absolute Gasteiger partial charge is 0.152 e. The van der Waals surface area contributed by atoms with Crippen molar-refractivity contribution in [1.29, 1.82) is 0 Å². The van der Waals surface area contributed by atoms with Crippen LogP contribution in [-0.4, -0.2) is 17.1 Å². The molecule has 0 amide bonds. The van der Waals surface area contributed by atoms with Crippen LogP contribution in [0.1, 0.15) is 13.8 Å². The minimum Gasteiger partial charge on any atom is -0.381 e. The van der Waals surface area contributed by atoms with Crippen LogP contribution in [0.4, 0.5) is 5.69 Å². The van der Waals surface area contributed by atoms with Crippen molar-refractivity contribution in [2.45, 2.75) is 19.4 Å². The van der Waals surface area contributed by atoms with Gasteiger partial charge in [-0.1, -0.05) is 11.6 Å². The second-order valence-electron chi connectivity index (χ2n) is 3.83. The number of hydrogen-bond acceptors (Lipinski definition) is 3. The van der Waals surface area contributed by atoms with Crippen LogP contribution in [0.25, 0.3) is 0 Å². The van der Waals surface area contributed by atoms with Gasteiger partial charge in [0.15, 0.2) is 5.15 Å². The average molecular weight is 279 g/mol. The molecule has 0 aliphatic carbocycles. The Hall–Kier alpha value is -0.320. The zero-order chi connectivity index (χ0) is 10.8. The van der Waals surface area contributed by atoms with Crippen LogP contribution in [0.2, 0.25) is 5.15 Å². The number of rotatable bonds is 3. The molecule has 5 heteroatoms. The third-order valence-electron chi connectivity index (χ3n) is 1.54. The molecule has 0 atom stereocenters. The van der Waals surface area contributed by atoms with Gasteiger partial charge in [0.25, 0.3) is 0 Å². The third-order valence-corrected chi connectivity index (χ3v) is 2.28. The Morgan fingerprint density at radius 3 is 2.86 bits per heavy atom. The van der Waals surface area contributed by atoms with E-state index in [0.717, 1.165) is 10.2 Å². The lowest BCUT2D eigenvalue weighted by Gasteiger charge is -2.20. The van der Waals surface area contributed by atoms with Crippen molar-refractivity contribution in [1.82, 2.24) is 4.98 Å². The van der Waals surface area contributed by atoms with Crippen LogP contribution in [0, 0.1) is 0 Å². The summed E-state index contributed by atoms with van der Waals surface area (Å²) in [6.45, 7) is 4.53. The molecule has 0 spiro atoms. The molecular formula is C9H13BrClN3. The standard InChI is InChI=1S/C9H13BrClN3/c1-9(2,12)5-14-7-3-6(10)4-13-8(7)11/h3-4,14H,5,12H2,1-2H3. The Kier molecular flexibility index (Phi) is 3.75. The number of hydrogen-bond donors (Lipinski definition) is 2. The number of nitrogens with one attached hydrogen (secondary N) is 1. The molecular weight excluding hydrogens is 265 g/mol. The van der Waals surface area contributed by atoms with E-state index in [9.17, 15) is 0 Å². The van der Waals surface area contributed by atoms with Gasteiger partial charge < -0.3 is 11.1 Å². The van der Waals surface area contributed by atoms with Crippen LogP contribution in [-0.2, 0) is 0 Å². The predicted molar refractivity (Wildman–Crippen MR) is 63.7 cm³/mol. The van der Waals surface area contributed by atoms with Gasteiger partial charge in [0, 0.05) is 22.8 Å². The van der Waals surface area contributed by atoms with Crippen molar-refractivity contribution in [3.05, 3.63) is 21.9 Å². The van der Waals surface area contributed by atoms with E-state index < -0.39 is 0 Å². The van der Waals surface area contributed by atoms with E-state index in [2.05, 4.69) is 26.2 Å². The van der Waals surface area contributed by atoms with Gasteiger partial charge in [-0.15, -0.1) is 0 Å². The fourth-order valence-corrected chi connectivity index (χ4v) is 1.37. The van der Waals surface area contributed by atoms with Crippen LogP contribution in [0.5, 0.6) is 0 Å². The Labute approximate surface area is 97.2 Å². The number of aromatic nitrogens is 1. The van der Waals surface area contributed by atoms with Crippen LogP contribution in [0.15, 0.2) is 16.7 Å². The van der Waals surface area contributed by atoms with E-state index in [-0.39, 0.29) is 5.54 Å². The molecule has 0 saturated carbocycles. The molecule has 3 N–H and O–H groups in total. The molecule has 0 aromatic carbocycles. The van der Waals surface area contributed by atoms with Crippen LogP contribution < -0.4 is 11.1 Å². The zero-order valence-electron chi connectivity index (χ0n) is 8.14. The van der Waals surface area contributed by atoms with Gasteiger partial charge in [-0.3, -0.25) is 0 Å². The summed E-state index contributed by atoms with van der Waals surface area (Å²) in [6, 6.07) is 1.88. The van der Waals surface area contributed by atoms with Gasteiger partial charge in [-0.2, -0.15) is 0 Å². The summed E-state index contributed by atoms with van der Waals surface area (Å²) in [5, 5.41) is 3.60. The molecule has 0 fully saturated rings. The Morgan fingerprint density at radius 1 is 1.64 bits per heavy atom. The SMILES string of the molecule is CC(C)(N)CNc1cc(Br)cnc1Cl. The first-order valence-electron chi connectivity index (χ1n) is 4.22. The molecule has 78 valence electrons. The monoisotopic (exact) mass is 277 g/mol. The first-order chi connectivity index (χ1) is 6.38. The van der Waals surface area contributed by atoms with Gasteiger partial charge in [0.2, 0.25) is 0 Å². The molecule has 1 aromatic heterocycles. The molecule has 0 saturated heterocycles. The largest absolute Gasteiger partial charge is 0.381 e. The highest BCUT2D eigenvalue weighted by atomic mass is 79.9. The van der Waals surface area contributed by atoms with E-state index in [1.54, 1.807) is 6.20 Å². The minimum atomic E-state index is -0.272. The zero-order valence-corrected chi connectivity index (χ0v) is 10.5. The summed E-state index contributed by atoms with van der Waals surface area (Å²) < 4.78 is 0.888. The Balaban J connectivity index is 2.72. The van der Waals surface area contributed by atoms with Crippen LogP contribution >= 0.6 is 27.5 Å². The van der Waals surface area contributed by atoms with Gasteiger partial charge in [0.05, 0.1) is 5.69 Å². The molecule has 0 unspecified atom stereocenters. The summed E-state index contributed by atoms with van der Waals surface area (Å²) in [4.78, 5) is 3.99. The Morgan fingerprint density at radius 2 is 2.29 bits per heavy atom. The molecule has 1 heterocycles. The maximum Gasteiger partial charge on any atom is 0.152 e. The lowest BCUT2D eigenvalue weighted by molar-refractivity contribution is 0.549. The maximum absolute atomic E-state index is 5.89. The van der Waals surface area contributed by atoms with Crippen molar-refractivity contribution >= 4 is 33.2 Å². The average Bonchev–Trinajstić information content (AvgIpc) is 2.05. The number of nitrogens with two attached hydrogens (primary N) is 1. The number of pyridine rings is 1. The summed E-state index contributed by atoms with van der Waals surface area (Å²) in [5.74, 6) is 0. The van der Waals surface area contributed by atoms with E-state index in [4.69, 9.17) is 17.3 Å². The highest BCUT2D eigenvalue weighted by Gasteiger charge is 2.11. The molecule has 1 aromatic rings. The quantitative estimate of drug-likeness (QED) is 0.836. The molecule has 3 nitrogen and oxygen atoms in total. The second kappa shape index (κ2) is 4.47. The molecule has 0 bridgehead atoms. The molecule has 0 radical (unpaired) electrons. The van der Waals surface area contributed by atoms with Gasteiger partial charge in [-0.05, 0) is 35.8 Å². The predicted octanol–water partition coefficient (Wildman–Crippen LogP) is 2.65. The first kappa shape index (κ1) is 11.8. The molecule has 0 aliphatic heterocycles. The maximum atomic E-state index is 5.89. The van der Waals surface area contributed by atoms with Gasteiger partial charge in [-0.25, -0.2) is 4.98 Å². The minimum absolute atomic E-state index is 0.272. The lowest BCUT2D eigenvalue weighted by atomic mass is 10.1. The van der Waals surface area contributed by atoms with E-state index in [1.807, 2.05) is 19.9 Å². The number of anilines is 1. The van der Waals surface area contributed by atoms with Gasteiger partial charge >= 0.3 is 0 Å². The summed E-state index contributed by atoms with van der Waals surface area (Å²) in [5.41, 5.74) is 6.35. The van der Waals surface area contributed by atoms with E-state index in [0.29, 0.717) is 11.7 Å². The lowest BCUT2D eigenvalue weighted by Crippen LogP contribution is -2.39. The number of nitrogens with zero attached hydrogens (tertiary/aromatic N) is 1. The normalized spacial score (nSPS) is 11.5. The third kappa shape index (κ3) is 3.82. The van der Waals surface area contributed by atoms with Crippen molar-refractivity contribution in [3.8, 4) is 0 Å². The topological polar surface area (TPSA) is 50.9 Å². The number of halogens is 2. The van der Waals surface area contributed by atoms with Crippen molar-refractivity contribution in [2.24, 2.45) is 5.73 Å². The Bertz CT molecular complexity index is 322. The van der Waals surface area contributed by atoms with Crippen molar-refractivity contribution in [3.63, 3.8) is 0 Å². The van der Waals surface area contributed by atoms with E-state index in [1.165, 1.54) is 0 Å². The summed E-state index contributed by atoms with van der Waals surface area (Å²) in [7, 11) is 0. The fraction of sp³-hybridized carbons (Fsp3) is 0.444. The molecule has 0 aliphatic rings. The summed E-state index contributed by atoms with van der Waals surface area (Å²) >= 11 is 9.21. The van der Waals surface area contributed by atoms with Crippen molar-refractivity contribution < 1.29 is 0 Å². The second-order valence-corrected chi connectivity index (χ2v) is 5.11. The summed E-state index contributed by atoms with van der Waals surface area (Å²) in [6.07, 6.45) is 1.65. The molecule has 14 heavy (non-hydrogen) atoms. The highest BCUT2D eigenvalue weighted by Crippen LogP contribution is 2.23. The van der Waals surface area contributed by atoms with Crippen molar-refractivity contribution in [2.75, 3.05) is 11.9 Å². The van der Waals surface area contributed by atoms with Crippen LogP contribution in [0.3, 0.4) is 0 Å². The highest BCUT2D eigenvalue weighted by molar-refractivity contribution is 9.10. The fourth-order valence-electron chi connectivity index (χ4n) is 0.870. The molecule has 1 rings (SSSR count). The van der Waals surface area contributed by atoms with E-state index >= 15 is 0 Å². The van der Waals surface area contributed by atoms with Gasteiger partial charge in [0.1, 0.15) is 0 Å². The first-order valence-corrected chi connectivity index (χ1v) is 5.39.